The zero-order valence-corrected chi connectivity index (χ0v) is 15.2. The van der Waals surface area contributed by atoms with Crippen molar-refractivity contribution in [1.82, 2.24) is 14.7 Å². The molecule has 142 valence electrons. The smallest absolute Gasteiger partial charge is 0.306 e. The standard InChI is InChI=1S/C20H24N4O3/c25-19(13-23-10-8-15(9-11-23)20(26)27)21-18-12-17(14-6-7-14)22-24(18)16-4-2-1-3-5-16/h1-5,12,14-15H,6-11,13H2,(H,21,25)(H,26,27). The summed E-state index contributed by atoms with van der Waals surface area (Å²) in [7, 11) is 0. The molecule has 1 saturated heterocycles. The predicted octanol–water partition coefficient (Wildman–Crippen LogP) is 2.48. The van der Waals surface area contributed by atoms with Crippen LogP contribution in [0.15, 0.2) is 36.4 Å². The number of likely N-dealkylation sites (tertiary alicyclic amines) is 1. The van der Waals surface area contributed by atoms with Gasteiger partial charge in [-0.3, -0.25) is 14.5 Å². The zero-order valence-electron chi connectivity index (χ0n) is 15.2. The van der Waals surface area contributed by atoms with Gasteiger partial charge >= 0.3 is 5.97 Å². The van der Waals surface area contributed by atoms with E-state index in [1.807, 2.05) is 41.3 Å². The van der Waals surface area contributed by atoms with Gasteiger partial charge in [0, 0.05) is 12.0 Å². The fourth-order valence-electron chi connectivity index (χ4n) is 3.56. The predicted molar refractivity (Wildman–Crippen MR) is 101 cm³/mol. The van der Waals surface area contributed by atoms with E-state index < -0.39 is 5.97 Å². The molecule has 0 unspecified atom stereocenters. The molecule has 7 nitrogen and oxygen atoms in total. The van der Waals surface area contributed by atoms with Crippen molar-refractivity contribution in [2.75, 3.05) is 25.0 Å². The summed E-state index contributed by atoms with van der Waals surface area (Å²) in [5, 5.41) is 16.8. The number of carbonyl (C=O) groups excluding carboxylic acids is 1. The molecule has 7 heteroatoms. The van der Waals surface area contributed by atoms with E-state index in [9.17, 15) is 9.59 Å². The highest BCUT2D eigenvalue weighted by molar-refractivity contribution is 5.91. The number of aliphatic carboxylic acids is 1. The number of carboxylic acid groups (broad SMARTS) is 1. The normalized spacial score (nSPS) is 18.4. The number of hydrogen-bond acceptors (Lipinski definition) is 4. The molecular weight excluding hydrogens is 344 g/mol. The maximum absolute atomic E-state index is 12.6. The highest BCUT2D eigenvalue weighted by Crippen LogP contribution is 2.40. The summed E-state index contributed by atoms with van der Waals surface area (Å²) in [6.07, 6.45) is 3.49. The van der Waals surface area contributed by atoms with Gasteiger partial charge in [0.1, 0.15) is 5.82 Å². The SMILES string of the molecule is O=C(CN1CCC(C(=O)O)CC1)Nc1cc(C2CC2)nn1-c1ccccc1. The Morgan fingerprint density at radius 1 is 1.11 bits per heavy atom. The van der Waals surface area contributed by atoms with Crippen LogP contribution in [0.3, 0.4) is 0 Å². The average molecular weight is 368 g/mol. The quantitative estimate of drug-likeness (QED) is 0.818. The number of nitrogens with zero attached hydrogens (tertiary/aromatic N) is 3. The van der Waals surface area contributed by atoms with Crippen LogP contribution in [0.1, 0.15) is 37.3 Å². The van der Waals surface area contributed by atoms with Crippen LogP contribution < -0.4 is 5.32 Å². The Labute approximate surface area is 158 Å². The van der Waals surface area contributed by atoms with Crippen LogP contribution in [-0.2, 0) is 9.59 Å². The van der Waals surface area contributed by atoms with E-state index in [1.165, 1.54) is 0 Å². The van der Waals surface area contributed by atoms with Crippen molar-refractivity contribution in [1.29, 1.82) is 0 Å². The molecule has 0 atom stereocenters. The van der Waals surface area contributed by atoms with Gasteiger partial charge in [0.05, 0.1) is 23.8 Å². The number of carbonyl (C=O) groups is 2. The van der Waals surface area contributed by atoms with Gasteiger partial charge in [0.2, 0.25) is 5.91 Å². The molecule has 1 aromatic heterocycles. The lowest BCUT2D eigenvalue weighted by Gasteiger charge is -2.29. The van der Waals surface area contributed by atoms with E-state index >= 15 is 0 Å². The maximum Gasteiger partial charge on any atom is 0.306 e. The van der Waals surface area contributed by atoms with Crippen molar-refractivity contribution in [2.24, 2.45) is 5.92 Å². The van der Waals surface area contributed by atoms with E-state index in [4.69, 9.17) is 10.2 Å². The molecular formula is C20H24N4O3. The summed E-state index contributed by atoms with van der Waals surface area (Å²) >= 11 is 0. The number of rotatable bonds is 6. The number of para-hydroxylation sites is 1. The fraction of sp³-hybridized carbons (Fsp3) is 0.450. The summed E-state index contributed by atoms with van der Waals surface area (Å²) in [6.45, 7) is 1.54. The Morgan fingerprint density at radius 2 is 1.81 bits per heavy atom. The summed E-state index contributed by atoms with van der Waals surface area (Å²) in [6, 6.07) is 11.8. The number of nitrogens with one attached hydrogen (secondary N) is 1. The molecule has 0 bridgehead atoms. The second kappa shape index (κ2) is 7.52. The van der Waals surface area contributed by atoms with E-state index in [0.29, 0.717) is 37.7 Å². The molecule has 2 fully saturated rings. The minimum absolute atomic E-state index is 0.0943. The second-order valence-electron chi connectivity index (χ2n) is 7.41. The summed E-state index contributed by atoms with van der Waals surface area (Å²) < 4.78 is 1.79. The van der Waals surface area contributed by atoms with Gasteiger partial charge in [-0.05, 0) is 50.9 Å². The number of aromatic nitrogens is 2. The molecule has 4 rings (SSSR count). The van der Waals surface area contributed by atoms with Gasteiger partial charge in [0.15, 0.2) is 0 Å². The van der Waals surface area contributed by atoms with Crippen molar-refractivity contribution in [3.63, 3.8) is 0 Å². The van der Waals surface area contributed by atoms with Crippen molar-refractivity contribution < 1.29 is 14.7 Å². The van der Waals surface area contributed by atoms with Gasteiger partial charge in [-0.25, -0.2) is 4.68 Å². The average Bonchev–Trinajstić information content (AvgIpc) is 3.44. The summed E-state index contributed by atoms with van der Waals surface area (Å²) in [4.78, 5) is 25.6. The largest absolute Gasteiger partial charge is 0.481 e. The summed E-state index contributed by atoms with van der Waals surface area (Å²) in [5.41, 5.74) is 1.94. The maximum atomic E-state index is 12.6. The van der Waals surface area contributed by atoms with Crippen molar-refractivity contribution in [3.8, 4) is 5.69 Å². The van der Waals surface area contributed by atoms with Crippen molar-refractivity contribution in [2.45, 2.75) is 31.6 Å². The van der Waals surface area contributed by atoms with Crippen molar-refractivity contribution in [3.05, 3.63) is 42.1 Å². The molecule has 27 heavy (non-hydrogen) atoms. The van der Waals surface area contributed by atoms with E-state index in [0.717, 1.165) is 24.2 Å². The van der Waals surface area contributed by atoms with E-state index in [-0.39, 0.29) is 18.4 Å². The van der Waals surface area contributed by atoms with E-state index in [1.54, 1.807) is 4.68 Å². The molecule has 0 spiro atoms. The van der Waals surface area contributed by atoms with Gasteiger partial charge < -0.3 is 10.4 Å². The molecule has 2 N–H and O–H groups in total. The first kappa shape index (κ1) is 17.7. The molecule has 2 heterocycles. The third-order valence-corrected chi connectivity index (χ3v) is 5.30. The molecule has 2 aromatic rings. The van der Waals surface area contributed by atoms with Gasteiger partial charge in [-0.1, -0.05) is 18.2 Å². The number of carboxylic acids is 1. The fourth-order valence-corrected chi connectivity index (χ4v) is 3.56. The number of benzene rings is 1. The van der Waals surface area contributed by atoms with Crippen LogP contribution in [0.5, 0.6) is 0 Å². The van der Waals surface area contributed by atoms with Crippen LogP contribution in [0.2, 0.25) is 0 Å². The molecule has 2 aliphatic rings. The molecule has 1 aliphatic heterocycles. The van der Waals surface area contributed by atoms with Crippen LogP contribution in [0.4, 0.5) is 5.82 Å². The Morgan fingerprint density at radius 3 is 2.44 bits per heavy atom. The third-order valence-electron chi connectivity index (χ3n) is 5.30. The van der Waals surface area contributed by atoms with Crippen LogP contribution in [0.25, 0.3) is 5.69 Å². The Balaban J connectivity index is 1.43. The molecule has 1 aromatic carbocycles. The number of amides is 1. The lowest BCUT2D eigenvalue weighted by Crippen LogP contribution is -2.40. The summed E-state index contributed by atoms with van der Waals surface area (Å²) in [5.74, 6) is 0.0702. The third kappa shape index (κ3) is 4.19. The topological polar surface area (TPSA) is 87.5 Å². The van der Waals surface area contributed by atoms with Crippen LogP contribution in [0, 0.1) is 5.92 Å². The Kier molecular flexibility index (Phi) is 4.94. The monoisotopic (exact) mass is 368 g/mol. The lowest BCUT2D eigenvalue weighted by atomic mass is 9.97. The number of piperidine rings is 1. The number of anilines is 1. The van der Waals surface area contributed by atoms with E-state index in [2.05, 4.69) is 5.32 Å². The minimum Gasteiger partial charge on any atom is -0.481 e. The van der Waals surface area contributed by atoms with Crippen molar-refractivity contribution >= 4 is 17.7 Å². The second-order valence-corrected chi connectivity index (χ2v) is 7.41. The zero-order chi connectivity index (χ0) is 18.8. The highest BCUT2D eigenvalue weighted by atomic mass is 16.4. The van der Waals surface area contributed by atoms with Gasteiger partial charge in [0.25, 0.3) is 0 Å². The molecule has 1 amide bonds. The Hall–Kier alpha value is -2.67. The lowest BCUT2D eigenvalue weighted by molar-refractivity contribution is -0.143. The first-order valence-electron chi connectivity index (χ1n) is 9.50. The van der Waals surface area contributed by atoms with Gasteiger partial charge in [-0.2, -0.15) is 5.10 Å². The Bertz CT molecular complexity index is 821. The molecule has 1 saturated carbocycles. The first-order valence-corrected chi connectivity index (χ1v) is 9.50. The molecule has 1 aliphatic carbocycles. The molecule has 0 radical (unpaired) electrons. The highest BCUT2D eigenvalue weighted by Gasteiger charge is 2.29. The van der Waals surface area contributed by atoms with Crippen LogP contribution in [-0.4, -0.2) is 51.3 Å². The number of hydrogen-bond donors (Lipinski definition) is 2. The first-order chi connectivity index (χ1) is 13.1. The van der Waals surface area contributed by atoms with Crippen LogP contribution >= 0.6 is 0 Å². The minimum atomic E-state index is -0.738. The van der Waals surface area contributed by atoms with Gasteiger partial charge in [-0.15, -0.1) is 0 Å².